The van der Waals surface area contributed by atoms with Gasteiger partial charge in [-0.3, -0.25) is 9.59 Å². The Morgan fingerprint density at radius 1 is 0.917 bits per heavy atom. The average molecular weight is 607 g/mol. The molecule has 7 nitrogen and oxygen atoms in total. The van der Waals surface area contributed by atoms with Crippen LogP contribution in [0.15, 0.2) is 54.6 Å². The molecule has 0 saturated carbocycles. The van der Waals surface area contributed by atoms with Crippen molar-refractivity contribution in [2.75, 3.05) is 0 Å². The Kier molecular flexibility index (Phi) is 10.5. The topological polar surface area (TPSA) is 90.9 Å². The standard InChI is InChI=1S/C28H34INO6/c1-27(2,3)35-24(32)17-21(26(33)36-28(4,5)6)30-23(31)16-15-20-13-10-14-22(25(20)29)34-18-19-11-8-7-9-12-19/h7-16,21H,17-18H2,1-6H3,(H,30,31)/b16-15+. The Morgan fingerprint density at radius 2 is 1.56 bits per heavy atom. The van der Waals surface area contributed by atoms with Gasteiger partial charge in [0.25, 0.3) is 0 Å². The van der Waals surface area contributed by atoms with Gasteiger partial charge in [-0.25, -0.2) is 4.79 Å². The van der Waals surface area contributed by atoms with E-state index in [-0.39, 0.29) is 6.42 Å². The molecule has 0 heterocycles. The quantitative estimate of drug-likeness (QED) is 0.232. The van der Waals surface area contributed by atoms with Crippen molar-refractivity contribution in [2.45, 2.75) is 71.8 Å². The van der Waals surface area contributed by atoms with Crippen LogP contribution in [0.3, 0.4) is 0 Å². The highest BCUT2D eigenvalue weighted by atomic mass is 127. The number of hydrogen-bond acceptors (Lipinski definition) is 6. The molecule has 2 rings (SSSR count). The maximum absolute atomic E-state index is 12.7. The Balaban J connectivity index is 2.10. The largest absolute Gasteiger partial charge is 0.488 e. The van der Waals surface area contributed by atoms with Gasteiger partial charge in [0.1, 0.15) is 29.6 Å². The number of esters is 2. The zero-order valence-electron chi connectivity index (χ0n) is 21.6. The van der Waals surface area contributed by atoms with Gasteiger partial charge in [0, 0.05) is 6.08 Å². The van der Waals surface area contributed by atoms with Gasteiger partial charge in [0.15, 0.2) is 0 Å². The summed E-state index contributed by atoms with van der Waals surface area (Å²) in [6.07, 6.45) is 2.60. The van der Waals surface area contributed by atoms with Crippen molar-refractivity contribution in [3.63, 3.8) is 0 Å². The number of ether oxygens (including phenoxy) is 3. The first-order valence-electron chi connectivity index (χ1n) is 11.6. The summed E-state index contributed by atoms with van der Waals surface area (Å²) < 4.78 is 17.5. The molecule has 0 saturated heterocycles. The Hall–Kier alpha value is -2.88. The number of hydrogen-bond donors (Lipinski definition) is 1. The van der Waals surface area contributed by atoms with E-state index in [1.807, 2.05) is 48.5 Å². The molecule has 0 fully saturated rings. The van der Waals surface area contributed by atoms with Gasteiger partial charge in [0.2, 0.25) is 5.91 Å². The first-order valence-corrected chi connectivity index (χ1v) is 12.7. The van der Waals surface area contributed by atoms with E-state index >= 15 is 0 Å². The fraction of sp³-hybridized carbons (Fsp3) is 0.393. The van der Waals surface area contributed by atoms with Crippen molar-refractivity contribution in [3.8, 4) is 5.75 Å². The SMILES string of the molecule is CC(C)(C)OC(=O)CC(NC(=O)/C=C/c1cccc(OCc2ccccc2)c1I)C(=O)OC(C)(C)C. The minimum Gasteiger partial charge on any atom is -0.488 e. The van der Waals surface area contributed by atoms with Crippen molar-refractivity contribution < 1.29 is 28.6 Å². The monoisotopic (exact) mass is 607 g/mol. The van der Waals surface area contributed by atoms with Gasteiger partial charge in [0.05, 0.1) is 9.99 Å². The normalized spacial score (nSPS) is 12.6. The summed E-state index contributed by atoms with van der Waals surface area (Å²) in [5.41, 5.74) is 0.327. The van der Waals surface area contributed by atoms with E-state index in [9.17, 15) is 14.4 Å². The molecule has 0 aliphatic heterocycles. The van der Waals surface area contributed by atoms with Crippen LogP contribution in [0.1, 0.15) is 59.1 Å². The molecule has 0 aliphatic carbocycles. The third kappa shape index (κ3) is 10.8. The van der Waals surface area contributed by atoms with Crippen molar-refractivity contribution in [3.05, 3.63) is 69.3 Å². The number of carbonyl (C=O) groups excluding carboxylic acids is 3. The summed E-state index contributed by atoms with van der Waals surface area (Å²) >= 11 is 2.17. The molecule has 1 N–H and O–H groups in total. The lowest BCUT2D eigenvalue weighted by molar-refractivity contribution is -0.165. The van der Waals surface area contributed by atoms with Crippen molar-refractivity contribution >= 4 is 46.5 Å². The van der Waals surface area contributed by atoms with Crippen LogP contribution in [0.5, 0.6) is 5.75 Å². The van der Waals surface area contributed by atoms with Crippen LogP contribution in [-0.4, -0.2) is 35.1 Å². The van der Waals surface area contributed by atoms with E-state index in [1.165, 1.54) is 6.08 Å². The van der Waals surface area contributed by atoms with Crippen LogP contribution in [0.4, 0.5) is 0 Å². The molecule has 2 aromatic carbocycles. The third-order valence-electron chi connectivity index (χ3n) is 4.44. The lowest BCUT2D eigenvalue weighted by Gasteiger charge is -2.25. The Bertz CT molecular complexity index is 1080. The van der Waals surface area contributed by atoms with Gasteiger partial charge >= 0.3 is 11.9 Å². The highest BCUT2D eigenvalue weighted by molar-refractivity contribution is 14.1. The fourth-order valence-corrected chi connectivity index (χ4v) is 3.70. The number of halogens is 1. The molecule has 194 valence electrons. The summed E-state index contributed by atoms with van der Waals surface area (Å²) in [4.78, 5) is 37.7. The molecule has 0 bridgehead atoms. The molecule has 0 radical (unpaired) electrons. The van der Waals surface area contributed by atoms with E-state index in [4.69, 9.17) is 14.2 Å². The van der Waals surface area contributed by atoms with E-state index in [0.29, 0.717) is 12.4 Å². The van der Waals surface area contributed by atoms with Gasteiger partial charge < -0.3 is 19.5 Å². The molecular formula is C28H34INO6. The van der Waals surface area contributed by atoms with Crippen LogP contribution in [0, 0.1) is 3.57 Å². The van der Waals surface area contributed by atoms with Crippen LogP contribution < -0.4 is 10.1 Å². The number of nitrogens with one attached hydrogen (secondary N) is 1. The average Bonchev–Trinajstić information content (AvgIpc) is 2.75. The fourth-order valence-electron chi connectivity index (χ4n) is 3.00. The molecule has 0 aliphatic rings. The van der Waals surface area contributed by atoms with E-state index in [1.54, 1.807) is 47.6 Å². The maximum Gasteiger partial charge on any atom is 0.329 e. The minimum absolute atomic E-state index is 0.341. The molecule has 2 aromatic rings. The van der Waals surface area contributed by atoms with Crippen molar-refractivity contribution in [1.29, 1.82) is 0 Å². The maximum atomic E-state index is 12.7. The molecule has 36 heavy (non-hydrogen) atoms. The van der Waals surface area contributed by atoms with Gasteiger partial charge in [-0.1, -0.05) is 42.5 Å². The summed E-state index contributed by atoms with van der Waals surface area (Å²) in [7, 11) is 0. The number of amides is 1. The number of rotatable bonds is 9. The molecular weight excluding hydrogens is 573 g/mol. The van der Waals surface area contributed by atoms with Crippen LogP contribution >= 0.6 is 22.6 Å². The highest BCUT2D eigenvalue weighted by Crippen LogP contribution is 2.26. The van der Waals surface area contributed by atoms with Crippen LogP contribution in [0.2, 0.25) is 0 Å². The summed E-state index contributed by atoms with van der Waals surface area (Å²) in [6.45, 7) is 10.8. The highest BCUT2D eigenvalue weighted by Gasteiger charge is 2.30. The van der Waals surface area contributed by atoms with E-state index in [0.717, 1.165) is 14.7 Å². The molecule has 1 unspecified atom stereocenters. The third-order valence-corrected chi connectivity index (χ3v) is 5.60. The molecule has 0 aromatic heterocycles. The van der Waals surface area contributed by atoms with Crippen LogP contribution in [-0.2, 0) is 30.5 Å². The smallest absolute Gasteiger partial charge is 0.329 e. The van der Waals surface area contributed by atoms with Gasteiger partial charge in [-0.2, -0.15) is 0 Å². The Labute approximate surface area is 226 Å². The Morgan fingerprint density at radius 3 is 2.17 bits per heavy atom. The van der Waals surface area contributed by atoms with Crippen molar-refractivity contribution in [1.82, 2.24) is 5.32 Å². The predicted molar refractivity (Wildman–Crippen MR) is 147 cm³/mol. The number of carbonyl (C=O) groups is 3. The molecule has 8 heteroatoms. The summed E-state index contributed by atoms with van der Waals surface area (Å²) in [5.74, 6) is -1.17. The second kappa shape index (κ2) is 12.9. The van der Waals surface area contributed by atoms with E-state index < -0.39 is 35.1 Å². The predicted octanol–water partition coefficient (Wildman–Crippen LogP) is 5.44. The van der Waals surface area contributed by atoms with Crippen LogP contribution in [0.25, 0.3) is 6.08 Å². The van der Waals surface area contributed by atoms with E-state index in [2.05, 4.69) is 27.9 Å². The lowest BCUT2D eigenvalue weighted by Crippen LogP contribution is -2.45. The summed E-state index contributed by atoms with van der Waals surface area (Å²) in [5, 5.41) is 2.57. The van der Waals surface area contributed by atoms with Gasteiger partial charge in [-0.15, -0.1) is 0 Å². The zero-order chi connectivity index (χ0) is 26.9. The first kappa shape index (κ1) is 29.4. The minimum atomic E-state index is -1.18. The van der Waals surface area contributed by atoms with Gasteiger partial charge in [-0.05, 0) is 87.4 Å². The second-order valence-corrected chi connectivity index (χ2v) is 11.2. The molecule has 1 amide bonds. The molecule has 0 spiro atoms. The number of benzene rings is 2. The zero-order valence-corrected chi connectivity index (χ0v) is 23.8. The lowest BCUT2D eigenvalue weighted by atomic mass is 10.1. The first-order chi connectivity index (χ1) is 16.7. The summed E-state index contributed by atoms with van der Waals surface area (Å²) in [6, 6.07) is 14.2. The second-order valence-electron chi connectivity index (χ2n) is 10.2. The van der Waals surface area contributed by atoms with Crippen molar-refractivity contribution in [2.24, 2.45) is 0 Å². The molecule has 1 atom stereocenters.